The van der Waals surface area contributed by atoms with Gasteiger partial charge in [-0.05, 0) is 30.5 Å². The van der Waals surface area contributed by atoms with Crippen molar-refractivity contribution in [2.45, 2.75) is 31.8 Å². The highest BCUT2D eigenvalue weighted by Gasteiger charge is 2.22. The maximum atomic E-state index is 6.20. The first kappa shape index (κ1) is 13.0. The molecule has 1 N–H and O–H groups in total. The zero-order valence-electron chi connectivity index (χ0n) is 10.5. The van der Waals surface area contributed by atoms with Crippen LogP contribution in [0.15, 0.2) is 34.9 Å². The summed E-state index contributed by atoms with van der Waals surface area (Å²) >= 11 is 12.2. The number of benzene rings is 1. The van der Waals surface area contributed by atoms with E-state index in [1.165, 1.54) is 5.56 Å². The van der Waals surface area contributed by atoms with E-state index >= 15 is 0 Å². The van der Waals surface area contributed by atoms with Crippen LogP contribution in [0.4, 0.5) is 0 Å². The molecule has 100 valence electrons. The number of furan rings is 1. The maximum Gasteiger partial charge on any atom is 0.108 e. The Morgan fingerprint density at radius 3 is 3.05 bits per heavy atom. The summed E-state index contributed by atoms with van der Waals surface area (Å²) in [7, 11) is 0. The molecule has 0 amide bonds. The SMILES string of the molecule is Clc1cccc(CNC2CCCc3occc32)c1Cl. The highest BCUT2D eigenvalue weighted by atomic mass is 35.5. The predicted octanol–water partition coefficient (Wildman–Crippen LogP) is 4.75. The van der Waals surface area contributed by atoms with Gasteiger partial charge in [-0.1, -0.05) is 35.3 Å². The number of rotatable bonds is 3. The summed E-state index contributed by atoms with van der Waals surface area (Å²) in [5.74, 6) is 1.11. The number of nitrogens with one attached hydrogen (secondary N) is 1. The average Bonchev–Trinajstić information content (AvgIpc) is 2.89. The molecule has 1 aromatic carbocycles. The molecule has 4 heteroatoms. The lowest BCUT2D eigenvalue weighted by Crippen LogP contribution is -2.24. The van der Waals surface area contributed by atoms with Gasteiger partial charge in [-0.25, -0.2) is 0 Å². The van der Waals surface area contributed by atoms with Crippen molar-refractivity contribution in [2.75, 3.05) is 0 Å². The molecular weight excluding hydrogens is 281 g/mol. The number of halogens is 2. The molecule has 1 unspecified atom stereocenters. The lowest BCUT2D eigenvalue weighted by atomic mass is 9.93. The van der Waals surface area contributed by atoms with Crippen LogP contribution < -0.4 is 5.32 Å². The Kier molecular flexibility index (Phi) is 3.83. The fourth-order valence-electron chi connectivity index (χ4n) is 2.62. The first-order valence-electron chi connectivity index (χ1n) is 6.48. The van der Waals surface area contributed by atoms with Gasteiger partial charge < -0.3 is 9.73 Å². The summed E-state index contributed by atoms with van der Waals surface area (Å²) in [6.45, 7) is 0.717. The standard InChI is InChI=1S/C15H15Cl2NO/c16-12-4-1-3-10(15(12)17)9-18-13-5-2-6-14-11(13)7-8-19-14/h1,3-4,7-8,13,18H,2,5-6,9H2. The molecule has 1 aliphatic carbocycles. The van der Waals surface area contributed by atoms with E-state index in [1.54, 1.807) is 6.26 Å². The summed E-state index contributed by atoms with van der Waals surface area (Å²) in [5, 5.41) is 4.79. The molecule has 3 rings (SSSR count). The van der Waals surface area contributed by atoms with Gasteiger partial charge in [0.1, 0.15) is 5.76 Å². The third-order valence-electron chi connectivity index (χ3n) is 3.62. The predicted molar refractivity (Wildman–Crippen MR) is 77.7 cm³/mol. The van der Waals surface area contributed by atoms with Crippen LogP contribution >= 0.6 is 23.2 Å². The van der Waals surface area contributed by atoms with Crippen molar-refractivity contribution < 1.29 is 4.42 Å². The molecule has 1 heterocycles. The largest absolute Gasteiger partial charge is 0.469 e. The van der Waals surface area contributed by atoms with E-state index in [2.05, 4.69) is 11.4 Å². The van der Waals surface area contributed by atoms with Crippen LogP contribution in [0.1, 0.15) is 35.8 Å². The zero-order valence-corrected chi connectivity index (χ0v) is 12.0. The van der Waals surface area contributed by atoms with Gasteiger partial charge in [0.25, 0.3) is 0 Å². The average molecular weight is 296 g/mol. The van der Waals surface area contributed by atoms with Gasteiger partial charge in [0.2, 0.25) is 0 Å². The van der Waals surface area contributed by atoms with Crippen LogP contribution in [0.5, 0.6) is 0 Å². The van der Waals surface area contributed by atoms with Crippen molar-refractivity contribution >= 4 is 23.2 Å². The fourth-order valence-corrected chi connectivity index (χ4v) is 3.00. The minimum absolute atomic E-state index is 0.345. The summed E-state index contributed by atoms with van der Waals surface area (Å²) in [6.07, 6.45) is 5.10. The van der Waals surface area contributed by atoms with Crippen molar-refractivity contribution in [1.29, 1.82) is 0 Å². The van der Waals surface area contributed by atoms with E-state index in [9.17, 15) is 0 Å². The Labute approximate surface area is 122 Å². The minimum atomic E-state index is 0.345. The highest BCUT2D eigenvalue weighted by Crippen LogP contribution is 2.31. The Balaban J connectivity index is 1.73. The van der Waals surface area contributed by atoms with Crippen LogP contribution in [-0.4, -0.2) is 0 Å². The first-order valence-corrected chi connectivity index (χ1v) is 7.24. The summed E-state index contributed by atoms with van der Waals surface area (Å²) in [5.41, 5.74) is 2.31. The van der Waals surface area contributed by atoms with Crippen LogP contribution in [0.3, 0.4) is 0 Å². The van der Waals surface area contributed by atoms with Crippen LogP contribution in [-0.2, 0) is 13.0 Å². The number of aryl methyl sites for hydroxylation is 1. The van der Waals surface area contributed by atoms with Gasteiger partial charge in [0.15, 0.2) is 0 Å². The van der Waals surface area contributed by atoms with E-state index in [0.717, 1.165) is 30.6 Å². The van der Waals surface area contributed by atoms with Gasteiger partial charge in [0.05, 0.1) is 16.3 Å². The Bertz CT molecular complexity index is 579. The number of hydrogen-bond acceptors (Lipinski definition) is 2. The van der Waals surface area contributed by atoms with Crippen molar-refractivity contribution in [1.82, 2.24) is 5.32 Å². The normalized spacial score (nSPS) is 18.3. The van der Waals surface area contributed by atoms with Crippen molar-refractivity contribution in [3.8, 4) is 0 Å². The van der Waals surface area contributed by atoms with E-state index in [-0.39, 0.29) is 0 Å². The topological polar surface area (TPSA) is 25.2 Å². The molecule has 0 spiro atoms. The molecule has 0 bridgehead atoms. The molecule has 0 aliphatic heterocycles. The molecule has 1 aliphatic rings. The van der Waals surface area contributed by atoms with Gasteiger partial charge >= 0.3 is 0 Å². The quantitative estimate of drug-likeness (QED) is 0.884. The minimum Gasteiger partial charge on any atom is -0.469 e. The molecule has 1 aromatic heterocycles. The summed E-state index contributed by atoms with van der Waals surface area (Å²) in [4.78, 5) is 0. The second kappa shape index (κ2) is 5.58. The molecule has 0 saturated heterocycles. The second-order valence-corrected chi connectivity index (χ2v) is 5.62. The molecule has 1 atom stereocenters. The third-order valence-corrected chi connectivity index (χ3v) is 4.48. The lowest BCUT2D eigenvalue weighted by Gasteiger charge is -2.23. The van der Waals surface area contributed by atoms with Crippen LogP contribution in [0.2, 0.25) is 10.0 Å². The van der Waals surface area contributed by atoms with E-state index in [1.807, 2.05) is 18.2 Å². The molecule has 2 aromatic rings. The molecule has 0 saturated carbocycles. The van der Waals surface area contributed by atoms with E-state index < -0.39 is 0 Å². The second-order valence-electron chi connectivity index (χ2n) is 4.84. The van der Waals surface area contributed by atoms with Crippen molar-refractivity contribution in [3.63, 3.8) is 0 Å². The van der Waals surface area contributed by atoms with E-state index in [4.69, 9.17) is 27.6 Å². The van der Waals surface area contributed by atoms with E-state index in [0.29, 0.717) is 22.6 Å². The summed E-state index contributed by atoms with van der Waals surface area (Å²) in [6, 6.07) is 8.14. The highest BCUT2D eigenvalue weighted by molar-refractivity contribution is 6.42. The molecule has 19 heavy (non-hydrogen) atoms. The molecule has 0 radical (unpaired) electrons. The fraction of sp³-hybridized carbons (Fsp3) is 0.333. The molecular formula is C15H15Cl2NO. The Morgan fingerprint density at radius 1 is 1.26 bits per heavy atom. The van der Waals surface area contributed by atoms with Crippen molar-refractivity contribution in [2.24, 2.45) is 0 Å². The molecule has 0 fully saturated rings. The van der Waals surface area contributed by atoms with Crippen LogP contribution in [0, 0.1) is 0 Å². The number of fused-ring (bicyclic) bond motifs is 1. The number of hydrogen-bond donors (Lipinski definition) is 1. The zero-order chi connectivity index (χ0) is 13.2. The maximum absolute atomic E-state index is 6.20. The Hall–Kier alpha value is -0.960. The smallest absolute Gasteiger partial charge is 0.108 e. The van der Waals surface area contributed by atoms with Gasteiger partial charge in [0, 0.05) is 24.6 Å². The third kappa shape index (κ3) is 2.66. The first-order chi connectivity index (χ1) is 9.25. The monoisotopic (exact) mass is 295 g/mol. The lowest BCUT2D eigenvalue weighted by molar-refractivity contribution is 0.411. The molecule has 2 nitrogen and oxygen atoms in total. The van der Waals surface area contributed by atoms with Crippen LogP contribution in [0.25, 0.3) is 0 Å². The Morgan fingerprint density at radius 2 is 2.16 bits per heavy atom. The van der Waals surface area contributed by atoms with Gasteiger partial charge in [-0.2, -0.15) is 0 Å². The summed E-state index contributed by atoms with van der Waals surface area (Å²) < 4.78 is 5.49. The van der Waals surface area contributed by atoms with Crippen molar-refractivity contribution in [3.05, 3.63) is 57.5 Å². The van der Waals surface area contributed by atoms with Gasteiger partial charge in [-0.15, -0.1) is 0 Å². The van der Waals surface area contributed by atoms with Gasteiger partial charge in [-0.3, -0.25) is 0 Å².